The van der Waals surface area contributed by atoms with Crippen molar-refractivity contribution in [2.24, 2.45) is 0 Å². The maximum absolute atomic E-state index is 9.62. The molecule has 3 aromatic rings. The van der Waals surface area contributed by atoms with Crippen LogP contribution in [0.25, 0.3) is 16.9 Å². The number of nitrogens with zero attached hydrogens (tertiary/aromatic N) is 2. The molecule has 0 unspecified atom stereocenters. The highest BCUT2D eigenvalue weighted by atomic mass is 35.5. The van der Waals surface area contributed by atoms with E-state index in [0.717, 1.165) is 28.2 Å². The standard InChI is InChI=1S/C15H13ClN2O/c1-10-6-7-18-13(9-19)15(17-14(18)8-10)11-4-2-3-5-12(11)16/h2-8,19H,9H2,1H3. The Morgan fingerprint density at radius 2 is 2.05 bits per heavy atom. The smallest absolute Gasteiger partial charge is 0.138 e. The number of aliphatic hydroxyl groups is 1. The predicted molar refractivity (Wildman–Crippen MR) is 76.3 cm³/mol. The van der Waals surface area contributed by atoms with Gasteiger partial charge < -0.3 is 9.51 Å². The lowest BCUT2D eigenvalue weighted by Gasteiger charge is -2.03. The Balaban J connectivity index is 2.32. The SMILES string of the molecule is Cc1ccn2c(CO)c(-c3ccccc3Cl)nc2c1. The minimum atomic E-state index is -0.0786. The van der Waals surface area contributed by atoms with E-state index in [4.69, 9.17) is 11.6 Å². The van der Waals surface area contributed by atoms with E-state index in [2.05, 4.69) is 4.98 Å². The molecule has 0 aliphatic heterocycles. The number of halogens is 1. The molecule has 0 saturated heterocycles. The van der Waals surface area contributed by atoms with Gasteiger partial charge in [0.25, 0.3) is 0 Å². The van der Waals surface area contributed by atoms with Crippen LogP contribution in [0.5, 0.6) is 0 Å². The van der Waals surface area contributed by atoms with Crippen molar-refractivity contribution in [1.82, 2.24) is 9.38 Å². The van der Waals surface area contributed by atoms with Gasteiger partial charge in [0.2, 0.25) is 0 Å². The Bertz CT molecular complexity index is 749. The molecule has 1 N–H and O–H groups in total. The molecular weight excluding hydrogens is 260 g/mol. The lowest BCUT2D eigenvalue weighted by molar-refractivity contribution is 0.276. The fourth-order valence-electron chi connectivity index (χ4n) is 2.22. The number of aryl methyl sites for hydroxylation is 1. The maximum atomic E-state index is 9.62. The van der Waals surface area contributed by atoms with Gasteiger partial charge in [-0.25, -0.2) is 4.98 Å². The van der Waals surface area contributed by atoms with Crippen LogP contribution >= 0.6 is 11.6 Å². The van der Waals surface area contributed by atoms with Crippen LogP contribution in [-0.4, -0.2) is 14.5 Å². The number of benzene rings is 1. The third-order valence-electron chi connectivity index (χ3n) is 3.16. The van der Waals surface area contributed by atoms with Gasteiger partial charge in [0.1, 0.15) is 5.65 Å². The molecule has 3 rings (SSSR count). The van der Waals surface area contributed by atoms with Crippen molar-refractivity contribution < 1.29 is 5.11 Å². The van der Waals surface area contributed by atoms with Gasteiger partial charge in [-0.15, -0.1) is 0 Å². The van der Waals surface area contributed by atoms with Crippen molar-refractivity contribution >= 4 is 17.2 Å². The summed E-state index contributed by atoms with van der Waals surface area (Å²) in [6.07, 6.45) is 1.92. The molecule has 0 aliphatic carbocycles. The van der Waals surface area contributed by atoms with Crippen LogP contribution in [0.2, 0.25) is 5.02 Å². The molecule has 96 valence electrons. The number of hydrogen-bond donors (Lipinski definition) is 1. The van der Waals surface area contributed by atoms with E-state index in [1.165, 1.54) is 0 Å². The highest BCUT2D eigenvalue weighted by Crippen LogP contribution is 2.30. The first-order valence-electron chi connectivity index (χ1n) is 6.04. The third-order valence-corrected chi connectivity index (χ3v) is 3.49. The molecule has 0 saturated carbocycles. The summed E-state index contributed by atoms with van der Waals surface area (Å²) in [6.45, 7) is 1.94. The fourth-order valence-corrected chi connectivity index (χ4v) is 2.44. The van der Waals surface area contributed by atoms with Crippen molar-refractivity contribution in [3.8, 4) is 11.3 Å². The van der Waals surface area contributed by atoms with Gasteiger partial charge in [0.15, 0.2) is 0 Å². The van der Waals surface area contributed by atoms with Crippen LogP contribution in [0.4, 0.5) is 0 Å². The zero-order chi connectivity index (χ0) is 13.4. The van der Waals surface area contributed by atoms with Gasteiger partial charge in [-0.2, -0.15) is 0 Å². The van der Waals surface area contributed by atoms with Gasteiger partial charge >= 0.3 is 0 Å². The van der Waals surface area contributed by atoms with E-state index in [1.807, 2.05) is 53.9 Å². The van der Waals surface area contributed by atoms with E-state index in [1.54, 1.807) is 0 Å². The van der Waals surface area contributed by atoms with E-state index in [9.17, 15) is 5.11 Å². The van der Waals surface area contributed by atoms with Gasteiger partial charge in [-0.3, -0.25) is 0 Å². The number of pyridine rings is 1. The molecule has 4 heteroatoms. The molecule has 0 spiro atoms. The second-order valence-electron chi connectivity index (χ2n) is 4.48. The molecule has 0 amide bonds. The second kappa shape index (κ2) is 4.68. The molecular formula is C15H13ClN2O. The number of hydrogen-bond acceptors (Lipinski definition) is 2. The quantitative estimate of drug-likeness (QED) is 0.776. The Morgan fingerprint density at radius 3 is 2.79 bits per heavy atom. The Labute approximate surface area is 116 Å². The van der Waals surface area contributed by atoms with Crippen molar-refractivity contribution in [1.29, 1.82) is 0 Å². The Hall–Kier alpha value is -1.84. The molecule has 0 radical (unpaired) electrons. The summed E-state index contributed by atoms with van der Waals surface area (Å²) in [4.78, 5) is 4.59. The monoisotopic (exact) mass is 272 g/mol. The minimum absolute atomic E-state index is 0.0786. The highest BCUT2D eigenvalue weighted by molar-refractivity contribution is 6.33. The van der Waals surface area contributed by atoms with E-state index < -0.39 is 0 Å². The predicted octanol–water partition coefficient (Wildman–Crippen LogP) is 3.46. The first kappa shape index (κ1) is 12.2. The molecule has 19 heavy (non-hydrogen) atoms. The topological polar surface area (TPSA) is 37.5 Å². The van der Waals surface area contributed by atoms with Crippen LogP contribution < -0.4 is 0 Å². The Kier molecular flexibility index (Phi) is 3.01. The molecule has 1 aromatic carbocycles. The van der Waals surface area contributed by atoms with Gasteiger partial charge in [-0.05, 0) is 30.7 Å². The molecule has 2 heterocycles. The van der Waals surface area contributed by atoms with Crippen LogP contribution in [-0.2, 0) is 6.61 Å². The maximum Gasteiger partial charge on any atom is 0.138 e. The van der Waals surface area contributed by atoms with E-state index in [-0.39, 0.29) is 6.61 Å². The highest BCUT2D eigenvalue weighted by Gasteiger charge is 2.15. The molecule has 0 fully saturated rings. The molecule has 3 nitrogen and oxygen atoms in total. The average molecular weight is 273 g/mol. The number of aromatic nitrogens is 2. The average Bonchev–Trinajstić information content (AvgIpc) is 2.76. The summed E-state index contributed by atoms with van der Waals surface area (Å²) in [7, 11) is 0. The normalized spacial score (nSPS) is 11.1. The summed E-state index contributed by atoms with van der Waals surface area (Å²) in [5.74, 6) is 0. The lowest BCUT2D eigenvalue weighted by Crippen LogP contribution is -1.94. The summed E-state index contributed by atoms with van der Waals surface area (Å²) >= 11 is 6.22. The van der Waals surface area contributed by atoms with Gasteiger partial charge in [0, 0.05) is 11.8 Å². The number of rotatable bonds is 2. The third kappa shape index (κ3) is 2.01. The Morgan fingerprint density at radius 1 is 1.26 bits per heavy atom. The largest absolute Gasteiger partial charge is 0.390 e. The van der Waals surface area contributed by atoms with Crippen molar-refractivity contribution in [2.45, 2.75) is 13.5 Å². The van der Waals surface area contributed by atoms with Crippen molar-refractivity contribution in [3.05, 3.63) is 58.9 Å². The fraction of sp³-hybridized carbons (Fsp3) is 0.133. The summed E-state index contributed by atoms with van der Waals surface area (Å²) in [5, 5.41) is 10.3. The van der Waals surface area contributed by atoms with Crippen molar-refractivity contribution in [3.63, 3.8) is 0 Å². The van der Waals surface area contributed by atoms with E-state index >= 15 is 0 Å². The first-order chi connectivity index (χ1) is 9.20. The zero-order valence-corrected chi connectivity index (χ0v) is 11.2. The van der Waals surface area contributed by atoms with E-state index in [0.29, 0.717) is 5.02 Å². The molecule has 0 atom stereocenters. The van der Waals surface area contributed by atoms with Crippen LogP contribution in [0, 0.1) is 6.92 Å². The van der Waals surface area contributed by atoms with Gasteiger partial charge in [0.05, 0.1) is 23.0 Å². The summed E-state index contributed by atoms with van der Waals surface area (Å²) < 4.78 is 1.89. The number of fused-ring (bicyclic) bond motifs is 1. The molecule has 0 aliphatic rings. The summed E-state index contributed by atoms with van der Waals surface area (Å²) in [6, 6.07) is 11.5. The van der Waals surface area contributed by atoms with Crippen LogP contribution in [0.1, 0.15) is 11.3 Å². The molecule has 0 bridgehead atoms. The number of imidazole rings is 1. The minimum Gasteiger partial charge on any atom is -0.390 e. The van der Waals surface area contributed by atoms with Gasteiger partial charge in [-0.1, -0.05) is 29.8 Å². The zero-order valence-electron chi connectivity index (χ0n) is 10.5. The second-order valence-corrected chi connectivity index (χ2v) is 4.88. The van der Waals surface area contributed by atoms with Crippen LogP contribution in [0.3, 0.4) is 0 Å². The molecule has 2 aromatic heterocycles. The lowest BCUT2D eigenvalue weighted by atomic mass is 10.1. The van der Waals surface area contributed by atoms with Crippen molar-refractivity contribution in [2.75, 3.05) is 0 Å². The number of aliphatic hydroxyl groups excluding tert-OH is 1. The first-order valence-corrected chi connectivity index (χ1v) is 6.42. The summed E-state index contributed by atoms with van der Waals surface area (Å²) in [5.41, 5.74) is 4.28. The van der Waals surface area contributed by atoms with Crippen LogP contribution in [0.15, 0.2) is 42.6 Å².